The van der Waals surface area contributed by atoms with E-state index < -0.39 is 0 Å². The highest BCUT2D eigenvalue weighted by Crippen LogP contribution is 2.19. The van der Waals surface area contributed by atoms with Gasteiger partial charge in [0, 0.05) is 10.5 Å². The van der Waals surface area contributed by atoms with Crippen molar-refractivity contribution in [1.29, 1.82) is 0 Å². The Labute approximate surface area is 121 Å². The molecule has 19 heavy (non-hydrogen) atoms. The first-order valence-corrected chi connectivity index (χ1v) is 7.45. The van der Waals surface area contributed by atoms with E-state index in [0.717, 1.165) is 22.9 Å². The molecule has 0 bridgehead atoms. The SMILES string of the molecule is NC(=NCc1cc(F)ccc1Br)NC1CCCCC1. The molecule has 0 heterocycles. The fraction of sp³-hybridized carbons (Fsp3) is 0.500. The first-order chi connectivity index (χ1) is 9.15. The molecule has 0 amide bonds. The van der Waals surface area contributed by atoms with Gasteiger partial charge in [0.25, 0.3) is 0 Å². The monoisotopic (exact) mass is 327 g/mol. The van der Waals surface area contributed by atoms with Gasteiger partial charge in [0.05, 0.1) is 6.54 Å². The van der Waals surface area contributed by atoms with Crippen molar-refractivity contribution in [2.45, 2.75) is 44.7 Å². The van der Waals surface area contributed by atoms with Gasteiger partial charge in [0.2, 0.25) is 0 Å². The van der Waals surface area contributed by atoms with Crippen LogP contribution >= 0.6 is 15.9 Å². The molecule has 1 saturated carbocycles. The van der Waals surface area contributed by atoms with Crippen LogP contribution in [0.4, 0.5) is 4.39 Å². The van der Waals surface area contributed by atoms with Crippen molar-refractivity contribution in [1.82, 2.24) is 5.32 Å². The molecular formula is C14H19BrFN3. The summed E-state index contributed by atoms with van der Waals surface area (Å²) in [5.74, 6) is 0.190. The molecule has 0 radical (unpaired) electrons. The van der Waals surface area contributed by atoms with E-state index in [1.807, 2.05) is 0 Å². The lowest BCUT2D eigenvalue weighted by Crippen LogP contribution is -2.41. The average molecular weight is 328 g/mol. The summed E-state index contributed by atoms with van der Waals surface area (Å²) >= 11 is 3.38. The summed E-state index contributed by atoms with van der Waals surface area (Å²) < 4.78 is 14.0. The third-order valence-electron chi connectivity index (χ3n) is 3.38. The summed E-state index contributed by atoms with van der Waals surface area (Å²) in [4.78, 5) is 4.28. The van der Waals surface area contributed by atoms with Crippen LogP contribution in [0.5, 0.6) is 0 Å². The van der Waals surface area contributed by atoms with Gasteiger partial charge in [-0.2, -0.15) is 0 Å². The van der Waals surface area contributed by atoms with Crippen molar-refractivity contribution < 1.29 is 4.39 Å². The molecule has 1 fully saturated rings. The molecule has 1 aliphatic rings. The first kappa shape index (κ1) is 14.3. The van der Waals surface area contributed by atoms with E-state index in [0.29, 0.717) is 18.5 Å². The molecule has 3 N–H and O–H groups in total. The number of nitrogens with two attached hydrogens (primary N) is 1. The van der Waals surface area contributed by atoms with E-state index >= 15 is 0 Å². The summed E-state index contributed by atoms with van der Waals surface area (Å²) in [6, 6.07) is 5.02. The lowest BCUT2D eigenvalue weighted by molar-refractivity contribution is 0.412. The van der Waals surface area contributed by atoms with E-state index in [1.54, 1.807) is 6.07 Å². The molecule has 0 saturated heterocycles. The number of aliphatic imine (C=N–C) groups is 1. The smallest absolute Gasteiger partial charge is 0.189 e. The minimum atomic E-state index is -0.257. The molecule has 0 atom stereocenters. The van der Waals surface area contributed by atoms with Crippen LogP contribution in [0, 0.1) is 5.82 Å². The van der Waals surface area contributed by atoms with Crippen LogP contribution in [0.2, 0.25) is 0 Å². The van der Waals surface area contributed by atoms with Gasteiger partial charge < -0.3 is 11.1 Å². The molecule has 0 unspecified atom stereocenters. The van der Waals surface area contributed by atoms with Crippen molar-refractivity contribution in [3.63, 3.8) is 0 Å². The van der Waals surface area contributed by atoms with Crippen LogP contribution in [-0.4, -0.2) is 12.0 Å². The number of hydrogen-bond donors (Lipinski definition) is 2. The lowest BCUT2D eigenvalue weighted by atomic mass is 9.96. The Bertz CT molecular complexity index is 456. The molecule has 2 rings (SSSR count). The summed E-state index contributed by atoms with van der Waals surface area (Å²) in [5.41, 5.74) is 6.67. The van der Waals surface area contributed by atoms with Crippen molar-refractivity contribution in [2.24, 2.45) is 10.7 Å². The highest BCUT2D eigenvalue weighted by molar-refractivity contribution is 9.10. The second kappa shape index (κ2) is 6.89. The summed E-state index contributed by atoms with van der Waals surface area (Å²) in [7, 11) is 0. The Morgan fingerprint density at radius 1 is 1.37 bits per heavy atom. The molecular weight excluding hydrogens is 309 g/mol. The number of nitrogens with zero attached hydrogens (tertiary/aromatic N) is 1. The maximum atomic E-state index is 13.1. The molecule has 0 aromatic heterocycles. The van der Waals surface area contributed by atoms with E-state index in [4.69, 9.17) is 5.73 Å². The highest BCUT2D eigenvalue weighted by Gasteiger charge is 2.13. The second-order valence-electron chi connectivity index (χ2n) is 4.92. The van der Waals surface area contributed by atoms with Crippen LogP contribution < -0.4 is 11.1 Å². The normalized spacial score (nSPS) is 17.5. The quantitative estimate of drug-likeness (QED) is 0.661. The number of benzene rings is 1. The van der Waals surface area contributed by atoms with Crippen LogP contribution in [0.1, 0.15) is 37.7 Å². The minimum absolute atomic E-state index is 0.257. The zero-order valence-corrected chi connectivity index (χ0v) is 12.4. The molecule has 5 heteroatoms. The zero-order chi connectivity index (χ0) is 13.7. The maximum Gasteiger partial charge on any atom is 0.189 e. The summed E-state index contributed by atoms with van der Waals surface area (Å²) in [5, 5.41) is 3.24. The van der Waals surface area contributed by atoms with Crippen molar-refractivity contribution in [3.8, 4) is 0 Å². The molecule has 1 aliphatic carbocycles. The Morgan fingerprint density at radius 3 is 2.84 bits per heavy atom. The molecule has 3 nitrogen and oxygen atoms in total. The van der Waals surface area contributed by atoms with Gasteiger partial charge in [0.15, 0.2) is 5.96 Å². The van der Waals surface area contributed by atoms with E-state index in [1.165, 1.54) is 31.4 Å². The molecule has 0 spiro atoms. The Balaban J connectivity index is 1.91. The third kappa shape index (κ3) is 4.49. The predicted molar refractivity (Wildman–Crippen MR) is 79.4 cm³/mol. The van der Waals surface area contributed by atoms with E-state index in [-0.39, 0.29) is 5.82 Å². The highest BCUT2D eigenvalue weighted by atomic mass is 79.9. The Morgan fingerprint density at radius 2 is 2.11 bits per heavy atom. The van der Waals surface area contributed by atoms with Gasteiger partial charge in [0.1, 0.15) is 5.82 Å². The molecule has 0 aliphatic heterocycles. The standard InChI is InChI=1S/C14H19BrFN3/c15-13-7-6-11(16)8-10(13)9-18-14(17)19-12-4-2-1-3-5-12/h6-8,12H,1-5,9H2,(H3,17,18,19). The molecule has 1 aromatic carbocycles. The van der Waals surface area contributed by atoms with Crippen LogP contribution in [-0.2, 0) is 6.54 Å². The fourth-order valence-corrected chi connectivity index (χ4v) is 2.71. The van der Waals surface area contributed by atoms with Crippen molar-refractivity contribution in [2.75, 3.05) is 0 Å². The average Bonchev–Trinajstić information content (AvgIpc) is 2.41. The van der Waals surface area contributed by atoms with Gasteiger partial charge >= 0.3 is 0 Å². The first-order valence-electron chi connectivity index (χ1n) is 6.65. The van der Waals surface area contributed by atoms with Gasteiger partial charge in [-0.15, -0.1) is 0 Å². The summed E-state index contributed by atoms with van der Waals surface area (Å²) in [6.45, 7) is 0.379. The van der Waals surface area contributed by atoms with Crippen LogP contribution in [0.3, 0.4) is 0 Å². The number of halogens is 2. The Kier molecular flexibility index (Phi) is 5.19. The largest absolute Gasteiger partial charge is 0.370 e. The van der Waals surface area contributed by atoms with Crippen molar-refractivity contribution in [3.05, 3.63) is 34.1 Å². The zero-order valence-electron chi connectivity index (χ0n) is 10.8. The fourth-order valence-electron chi connectivity index (χ4n) is 2.34. The van der Waals surface area contributed by atoms with Crippen LogP contribution in [0.15, 0.2) is 27.7 Å². The predicted octanol–water partition coefficient (Wildman–Crippen LogP) is 3.33. The number of guanidine groups is 1. The maximum absolute atomic E-state index is 13.1. The Hall–Kier alpha value is -1.10. The van der Waals surface area contributed by atoms with Gasteiger partial charge in [-0.05, 0) is 36.6 Å². The van der Waals surface area contributed by atoms with Gasteiger partial charge in [-0.1, -0.05) is 35.2 Å². The van der Waals surface area contributed by atoms with Gasteiger partial charge in [-0.25, -0.2) is 9.38 Å². The van der Waals surface area contributed by atoms with E-state index in [2.05, 4.69) is 26.2 Å². The van der Waals surface area contributed by atoms with Gasteiger partial charge in [-0.3, -0.25) is 0 Å². The van der Waals surface area contributed by atoms with Crippen molar-refractivity contribution >= 4 is 21.9 Å². The van der Waals surface area contributed by atoms with Crippen LogP contribution in [0.25, 0.3) is 0 Å². The lowest BCUT2D eigenvalue weighted by Gasteiger charge is -2.23. The number of rotatable bonds is 3. The third-order valence-corrected chi connectivity index (χ3v) is 4.16. The number of hydrogen-bond acceptors (Lipinski definition) is 1. The topological polar surface area (TPSA) is 50.4 Å². The number of nitrogens with one attached hydrogen (secondary N) is 1. The molecule has 104 valence electrons. The van der Waals surface area contributed by atoms with E-state index in [9.17, 15) is 4.39 Å². The second-order valence-corrected chi connectivity index (χ2v) is 5.77. The minimum Gasteiger partial charge on any atom is -0.370 e. The summed E-state index contributed by atoms with van der Waals surface area (Å²) in [6.07, 6.45) is 6.12. The molecule has 1 aromatic rings.